The molecule has 90 valence electrons. The fourth-order valence-corrected chi connectivity index (χ4v) is 2.96. The molecule has 0 bridgehead atoms. The number of aromatic nitrogens is 1. The molecule has 2 N–H and O–H groups in total. The summed E-state index contributed by atoms with van der Waals surface area (Å²) in [5.74, 6) is 0. The molecule has 1 aromatic carbocycles. The summed E-state index contributed by atoms with van der Waals surface area (Å²) in [4.78, 5) is 4.69. The van der Waals surface area contributed by atoms with E-state index in [4.69, 9.17) is 5.73 Å². The van der Waals surface area contributed by atoms with Gasteiger partial charge in [-0.3, -0.25) is 0 Å². The van der Waals surface area contributed by atoms with Crippen LogP contribution in [0.1, 0.15) is 18.4 Å². The number of hydrogen-bond donors (Lipinski definition) is 1. The van der Waals surface area contributed by atoms with Crippen LogP contribution < -0.4 is 5.73 Å². The van der Waals surface area contributed by atoms with Gasteiger partial charge in [-0.15, -0.1) is 0 Å². The standard InChI is InChI=1S/C15H14N2S/c1-10-7-8-12(9-10)15-17-13(14(16)18-15)11-5-3-2-4-6-11/h2-8H,9,16H2,1H3. The van der Waals surface area contributed by atoms with Crippen molar-refractivity contribution in [2.45, 2.75) is 13.3 Å². The highest BCUT2D eigenvalue weighted by atomic mass is 32.1. The van der Waals surface area contributed by atoms with Crippen LogP contribution in [0.2, 0.25) is 0 Å². The normalized spacial score (nSPS) is 14.5. The first-order valence-electron chi connectivity index (χ1n) is 5.92. The molecule has 2 nitrogen and oxygen atoms in total. The maximum Gasteiger partial charge on any atom is 0.122 e. The van der Waals surface area contributed by atoms with Gasteiger partial charge >= 0.3 is 0 Å². The second-order valence-electron chi connectivity index (χ2n) is 4.48. The van der Waals surface area contributed by atoms with Crippen LogP contribution in [-0.2, 0) is 0 Å². The molecule has 0 saturated carbocycles. The van der Waals surface area contributed by atoms with Crippen molar-refractivity contribution in [2.75, 3.05) is 5.73 Å². The number of anilines is 1. The molecule has 0 spiro atoms. The van der Waals surface area contributed by atoms with Crippen LogP contribution in [0.5, 0.6) is 0 Å². The average molecular weight is 254 g/mol. The molecule has 0 atom stereocenters. The molecule has 0 amide bonds. The highest BCUT2D eigenvalue weighted by molar-refractivity contribution is 7.17. The highest BCUT2D eigenvalue weighted by Gasteiger charge is 2.15. The van der Waals surface area contributed by atoms with Gasteiger partial charge in [-0.05, 0) is 18.9 Å². The van der Waals surface area contributed by atoms with Crippen LogP contribution in [0.15, 0.2) is 48.1 Å². The Kier molecular flexibility index (Phi) is 2.76. The van der Waals surface area contributed by atoms with Crippen molar-refractivity contribution >= 4 is 21.9 Å². The predicted octanol–water partition coefficient (Wildman–Crippen LogP) is 4.13. The van der Waals surface area contributed by atoms with Crippen LogP contribution in [0, 0.1) is 0 Å². The number of benzene rings is 1. The van der Waals surface area contributed by atoms with Crippen molar-refractivity contribution in [3.05, 3.63) is 53.1 Å². The van der Waals surface area contributed by atoms with Gasteiger partial charge in [0.15, 0.2) is 0 Å². The van der Waals surface area contributed by atoms with E-state index in [1.165, 1.54) is 11.1 Å². The van der Waals surface area contributed by atoms with Crippen LogP contribution in [0.3, 0.4) is 0 Å². The fraction of sp³-hybridized carbons (Fsp3) is 0.133. The SMILES string of the molecule is CC1=CC=C(c2nc(-c3ccccc3)c(N)s2)C1. The van der Waals surface area contributed by atoms with Crippen molar-refractivity contribution < 1.29 is 0 Å². The van der Waals surface area contributed by atoms with Gasteiger partial charge in [-0.2, -0.15) is 0 Å². The van der Waals surface area contributed by atoms with E-state index in [1.54, 1.807) is 11.3 Å². The number of thiazole rings is 1. The van der Waals surface area contributed by atoms with Gasteiger partial charge in [0.25, 0.3) is 0 Å². The molecule has 0 saturated heterocycles. The molecule has 1 aromatic heterocycles. The minimum absolute atomic E-state index is 0.793. The van der Waals surface area contributed by atoms with E-state index in [9.17, 15) is 0 Å². The molecule has 1 heterocycles. The summed E-state index contributed by atoms with van der Waals surface area (Å²) in [6.07, 6.45) is 5.28. The molecule has 1 aliphatic carbocycles. The summed E-state index contributed by atoms with van der Waals surface area (Å²) in [5, 5.41) is 1.83. The minimum Gasteiger partial charge on any atom is -0.389 e. The number of nitrogens with two attached hydrogens (primary N) is 1. The first-order valence-corrected chi connectivity index (χ1v) is 6.74. The number of nitrogen functional groups attached to an aromatic ring is 1. The van der Waals surface area contributed by atoms with Crippen LogP contribution >= 0.6 is 11.3 Å². The monoisotopic (exact) mass is 254 g/mol. The van der Waals surface area contributed by atoms with Crippen LogP contribution in [0.4, 0.5) is 5.00 Å². The maximum atomic E-state index is 6.09. The maximum absolute atomic E-state index is 6.09. The molecule has 3 heteroatoms. The fourth-order valence-electron chi connectivity index (χ4n) is 2.08. The van der Waals surface area contributed by atoms with Gasteiger partial charge in [0.2, 0.25) is 0 Å². The lowest BCUT2D eigenvalue weighted by atomic mass is 10.1. The Morgan fingerprint density at radius 1 is 1.17 bits per heavy atom. The van der Waals surface area contributed by atoms with E-state index in [-0.39, 0.29) is 0 Å². The number of allylic oxidation sites excluding steroid dienone is 4. The Morgan fingerprint density at radius 3 is 2.61 bits per heavy atom. The first kappa shape index (κ1) is 11.2. The van der Waals surface area contributed by atoms with Crippen LogP contribution in [-0.4, -0.2) is 4.98 Å². The second kappa shape index (κ2) is 4.42. The lowest BCUT2D eigenvalue weighted by molar-refractivity contribution is 1.24. The molecule has 0 fully saturated rings. The van der Waals surface area contributed by atoms with E-state index < -0.39 is 0 Å². The van der Waals surface area contributed by atoms with E-state index in [0.717, 1.165) is 27.7 Å². The molecule has 0 unspecified atom stereocenters. The third kappa shape index (κ3) is 1.97. The Bertz CT molecular complexity index is 636. The second-order valence-corrected chi connectivity index (χ2v) is 5.51. The molecule has 3 rings (SSSR count). The number of hydrogen-bond acceptors (Lipinski definition) is 3. The molecule has 2 aromatic rings. The van der Waals surface area contributed by atoms with Crippen molar-refractivity contribution in [1.82, 2.24) is 4.98 Å². The lowest BCUT2D eigenvalue weighted by Gasteiger charge is -1.97. The molecular formula is C15H14N2S. The van der Waals surface area contributed by atoms with Gasteiger partial charge in [0.1, 0.15) is 15.7 Å². The van der Waals surface area contributed by atoms with Crippen molar-refractivity contribution in [2.24, 2.45) is 0 Å². The number of rotatable bonds is 2. The van der Waals surface area contributed by atoms with Crippen molar-refractivity contribution in [3.8, 4) is 11.3 Å². The zero-order valence-electron chi connectivity index (χ0n) is 10.2. The number of nitrogens with zero attached hydrogens (tertiary/aromatic N) is 1. The summed E-state index contributed by atoms with van der Waals surface area (Å²) in [5.41, 5.74) is 10.7. The largest absolute Gasteiger partial charge is 0.389 e. The van der Waals surface area contributed by atoms with Crippen molar-refractivity contribution in [3.63, 3.8) is 0 Å². The van der Waals surface area contributed by atoms with E-state index in [2.05, 4.69) is 24.1 Å². The average Bonchev–Trinajstić information content (AvgIpc) is 2.97. The topological polar surface area (TPSA) is 38.9 Å². The van der Waals surface area contributed by atoms with E-state index in [0.29, 0.717) is 0 Å². The molecule has 0 radical (unpaired) electrons. The summed E-state index contributed by atoms with van der Waals surface area (Å²) < 4.78 is 0. The molecular weight excluding hydrogens is 240 g/mol. The Morgan fingerprint density at radius 2 is 1.94 bits per heavy atom. The van der Waals surface area contributed by atoms with E-state index in [1.807, 2.05) is 30.3 Å². The molecule has 1 aliphatic rings. The minimum atomic E-state index is 0.793. The van der Waals surface area contributed by atoms with E-state index >= 15 is 0 Å². The summed E-state index contributed by atoms with van der Waals surface area (Å²) in [7, 11) is 0. The predicted molar refractivity (Wildman–Crippen MR) is 78.3 cm³/mol. The van der Waals surface area contributed by atoms with Gasteiger partial charge in [-0.1, -0.05) is 59.4 Å². The van der Waals surface area contributed by atoms with Gasteiger partial charge in [0.05, 0.1) is 0 Å². The van der Waals surface area contributed by atoms with Gasteiger partial charge < -0.3 is 5.73 Å². The lowest BCUT2D eigenvalue weighted by Crippen LogP contribution is -1.85. The Hall–Kier alpha value is -1.87. The Labute approximate surface area is 110 Å². The Balaban J connectivity index is 1.98. The van der Waals surface area contributed by atoms with Gasteiger partial charge in [-0.25, -0.2) is 4.98 Å². The van der Waals surface area contributed by atoms with Crippen LogP contribution in [0.25, 0.3) is 16.8 Å². The van der Waals surface area contributed by atoms with Crippen molar-refractivity contribution in [1.29, 1.82) is 0 Å². The highest BCUT2D eigenvalue weighted by Crippen LogP contribution is 2.37. The smallest absolute Gasteiger partial charge is 0.122 e. The third-order valence-electron chi connectivity index (χ3n) is 3.01. The molecule has 0 aliphatic heterocycles. The zero-order valence-corrected chi connectivity index (χ0v) is 11.0. The first-order chi connectivity index (χ1) is 8.74. The molecule has 18 heavy (non-hydrogen) atoms. The summed E-state index contributed by atoms with van der Waals surface area (Å²) >= 11 is 1.57. The quantitative estimate of drug-likeness (QED) is 0.875. The summed E-state index contributed by atoms with van der Waals surface area (Å²) in [6, 6.07) is 10.1. The van der Waals surface area contributed by atoms with Gasteiger partial charge in [0, 0.05) is 5.56 Å². The third-order valence-corrected chi connectivity index (χ3v) is 3.97. The summed E-state index contributed by atoms with van der Waals surface area (Å²) in [6.45, 7) is 2.14. The zero-order chi connectivity index (χ0) is 12.5.